The standard InChI is InChI=1S/C30H47NO10/c1-9-19(3)17-37-28(35)40-24-12-11-22(14-25(24)41-29(36)38-18-20(4)10-2)13-23(27(33)34)31-16-21(5)39-26(32)15-30(6,7)8/h11-12,14,19-21,23,31H,9-10,13,15-18H2,1-8H3,(H,33,34)/t19?,20?,21?,23-/m0/s1. The van der Waals surface area contributed by atoms with Gasteiger partial charge in [0.1, 0.15) is 12.1 Å². The Balaban J connectivity index is 3.00. The Morgan fingerprint density at radius 3 is 1.90 bits per heavy atom. The van der Waals surface area contributed by atoms with Crippen molar-refractivity contribution in [3.8, 4) is 11.5 Å². The third-order valence-corrected chi connectivity index (χ3v) is 6.16. The van der Waals surface area contributed by atoms with Crippen LogP contribution in [0.3, 0.4) is 0 Å². The number of hydrogen-bond donors (Lipinski definition) is 2. The Hall–Kier alpha value is -3.34. The molecule has 11 heteroatoms. The van der Waals surface area contributed by atoms with Gasteiger partial charge in [-0.2, -0.15) is 0 Å². The first kappa shape index (κ1) is 35.7. The van der Waals surface area contributed by atoms with Gasteiger partial charge in [0, 0.05) is 6.54 Å². The van der Waals surface area contributed by atoms with E-state index in [1.165, 1.54) is 12.1 Å². The van der Waals surface area contributed by atoms with Gasteiger partial charge >= 0.3 is 24.2 Å². The van der Waals surface area contributed by atoms with Crippen molar-refractivity contribution in [2.24, 2.45) is 17.3 Å². The first-order chi connectivity index (χ1) is 19.1. The molecule has 1 rings (SSSR count). The zero-order valence-electron chi connectivity index (χ0n) is 25.6. The number of carbonyl (C=O) groups excluding carboxylic acids is 3. The maximum atomic E-state index is 12.4. The molecular formula is C30H47NO10. The molecule has 0 radical (unpaired) electrons. The van der Waals surface area contributed by atoms with E-state index in [2.05, 4.69) is 5.32 Å². The van der Waals surface area contributed by atoms with Crippen molar-refractivity contribution in [1.29, 1.82) is 0 Å². The van der Waals surface area contributed by atoms with E-state index in [0.717, 1.165) is 12.8 Å². The highest BCUT2D eigenvalue weighted by Crippen LogP contribution is 2.30. The second-order valence-electron chi connectivity index (χ2n) is 11.7. The van der Waals surface area contributed by atoms with Gasteiger partial charge in [0.05, 0.1) is 19.6 Å². The fourth-order valence-corrected chi connectivity index (χ4v) is 3.27. The molecule has 0 aromatic heterocycles. The molecule has 3 unspecified atom stereocenters. The highest BCUT2D eigenvalue weighted by Gasteiger charge is 2.24. The maximum absolute atomic E-state index is 12.4. The summed E-state index contributed by atoms with van der Waals surface area (Å²) in [5.41, 5.74) is 0.252. The lowest BCUT2D eigenvalue weighted by atomic mass is 9.92. The molecular weight excluding hydrogens is 534 g/mol. The van der Waals surface area contributed by atoms with Crippen LogP contribution in [0.15, 0.2) is 18.2 Å². The van der Waals surface area contributed by atoms with Crippen molar-refractivity contribution < 1.29 is 48.0 Å². The molecule has 41 heavy (non-hydrogen) atoms. The summed E-state index contributed by atoms with van der Waals surface area (Å²) in [6.45, 7) is 15.6. The largest absolute Gasteiger partial charge is 0.513 e. The monoisotopic (exact) mass is 581 g/mol. The molecule has 4 atom stereocenters. The average Bonchev–Trinajstić information content (AvgIpc) is 2.88. The van der Waals surface area contributed by atoms with Crippen LogP contribution in [0.1, 0.15) is 80.2 Å². The summed E-state index contributed by atoms with van der Waals surface area (Å²) in [6.07, 6.45) is -0.651. The molecule has 0 saturated carbocycles. The van der Waals surface area contributed by atoms with Crippen molar-refractivity contribution in [2.45, 2.75) is 93.2 Å². The van der Waals surface area contributed by atoms with E-state index in [0.29, 0.717) is 5.56 Å². The highest BCUT2D eigenvalue weighted by molar-refractivity contribution is 5.74. The number of esters is 1. The summed E-state index contributed by atoms with van der Waals surface area (Å²) in [7, 11) is 0. The van der Waals surface area contributed by atoms with Gasteiger partial charge in [0.2, 0.25) is 0 Å². The van der Waals surface area contributed by atoms with Crippen LogP contribution in [-0.2, 0) is 30.2 Å². The van der Waals surface area contributed by atoms with Gasteiger partial charge in [-0.3, -0.25) is 9.59 Å². The topological polar surface area (TPSA) is 147 Å². The highest BCUT2D eigenvalue weighted by atomic mass is 16.7. The van der Waals surface area contributed by atoms with Gasteiger partial charge in [0.25, 0.3) is 0 Å². The summed E-state index contributed by atoms with van der Waals surface area (Å²) in [5, 5.41) is 12.7. The molecule has 2 N–H and O–H groups in total. The van der Waals surface area contributed by atoms with Crippen LogP contribution in [0.25, 0.3) is 0 Å². The maximum Gasteiger partial charge on any atom is 0.513 e. The predicted octanol–water partition coefficient (Wildman–Crippen LogP) is 5.76. The molecule has 0 heterocycles. The van der Waals surface area contributed by atoms with Crippen LogP contribution in [0.4, 0.5) is 9.59 Å². The van der Waals surface area contributed by atoms with Gasteiger partial charge in [-0.1, -0.05) is 67.4 Å². The van der Waals surface area contributed by atoms with Crippen LogP contribution in [0.2, 0.25) is 0 Å². The van der Waals surface area contributed by atoms with Crippen LogP contribution >= 0.6 is 0 Å². The summed E-state index contributed by atoms with van der Waals surface area (Å²) < 4.78 is 26.3. The third kappa shape index (κ3) is 15.3. The van der Waals surface area contributed by atoms with Gasteiger partial charge < -0.3 is 34.1 Å². The minimum Gasteiger partial charge on any atom is -0.480 e. The van der Waals surface area contributed by atoms with Crippen molar-refractivity contribution in [3.63, 3.8) is 0 Å². The Bertz CT molecular complexity index is 1000. The van der Waals surface area contributed by atoms with E-state index in [-0.39, 0.29) is 67.3 Å². The van der Waals surface area contributed by atoms with Crippen molar-refractivity contribution in [3.05, 3.63) is 23.8 Å². The molecule has 0 spiro atoms. The summed E-state index contributed by atoms with van der Waals surface area (Å²) in [5.74, 6) is -1.42. The molecule has 0 aliphatic heterocycles. The van der Waals surface area contributed by atoms with E-state index in [4.69, 9.17) is 23.7 Å². The van der Waals surface area contributed by atoms with Crippen LogP contribution in [0.5, 0.6) is 11.5 Å². The number of nitrogens with one attached hydrogen (secondary N) is 1. The summed E-state index contributed by atoms with van der Waals surface area (Å²) >= 11 is 0. The van der Waals surface area contributed by atoms with Crippen molar-refractivity contribution in [2.75, 3.05) is 19.8 Å². The number of carbonyl (C=O) groups is 4. The SMILES string of the molecule is CCC(C)COC(=O)Oc1ccc(C[C@H](NCC(C)OC(=O)CC(C)(C)C)C(=O)O)cc1OC(=O)OCC(C)CC. The van der Waals surface area contributed by atoms with Gasteiger partial charge in [-0.05, 0) is 48.3 Å². The summed E-state index contributed by atoms with van der Waals surface area (Å²) in [6, 6.07) is 3.31. The number of carboxylic acids is 1. The minimum atomic E-state index is -1.12. The van der Waals surface area contributed by atoms with Gasteiger partial charge in [-0.15, -0.1) is 0 Å². The second-order valence-corrected chi connectivity index (χ2v) is 11.7. The molecule has 0 saturated heterocycles. The van der Waals surface area contributed by atoms with Crippen LogP contribution < -0.4 is 14.8 Å². The Morgan fingerprint density at radius 1 is 0.878 bits per heavy atom. The second kappa shape index (κ2) is 17.5. The van der Waals surface area contributed by atoms with E-state index < -0.39 is 30.4 Å². The Kier molecular flexibility index (Phi) is 15.2. The van der Waals surface area contributed by atoms with E-state index in [1.54, 1.807) is 13.0 Å². The molecule has 1 aromatic rings. The molecule has 0 amide bonds. The van der Waals surface area contributed by atoms with Gasteiger partial charge in [-0.25, -0.2) is 9.59 Å². The molecule has 1 aromatic carbocycles. The number of hydrogen-bond acceptors (Lipinski definition) is 10. The fraction of sp³-hybridized carbons (Fsp3) is 0.667. The molecule has 11 nitrogen and oxygen atoms in total. The normalized spacial score (nSPS) is 14.2. The quantitative estimate of drug-likeness (QED) is 0.139. The number of rotatable bonds is 16. The van der Waals surface area contributed by atoms with Crippen LogP contribution in [0, 0.1) is 17.3 Å². The van der Waals surface area contributed by atoms with Crippen molar-refractivity contribution >= 4 is 24.2 Å². The first-order valence-corrected chi connectivity index (χ1v) is 14.1. The van der Waals surface area contributed by atoms with E-state index in [1.807, 2.05) is 48.5 Å². The number of carboxylic acid groups (broad SMARTS) is 1. The molecule has 0 aliphatic carbocycles. The molecule has 0 aliphatic rings. The lowest BCUT2D eigenvalue weighted by molar-refractivity contribution is -0.150. The molecule has 232 valence electrons. The summed E-state index contributed by atoms with van der Waals surface area (Å²) in [4.78, 5) is 48.7. The lowest BCUT2D eigenvalue weighted by Gasteiger charge is -2.21. The smallest absolute Gasteiger partial charge is 0.480 e. The van der Waals surface area contributed by atoms with E-state index >= 15 is 0 Å². The average molecular weight is 582 g/mol. The molecule has 0 fully saturated rings. The Morgan fingerprint density at radius 2 is 1.41 bits per heavy atom. The van der Waals surface area contributed by atoms with Gasteiger partial charge in [0.15, 0.2) is 11.5 Å². The minimum absolute atomic E-state index is 0.00495. The Labute approximate surface area is 243 Å². The van der Waals surface area contributed by atoms with Crippen molar-refractivity contribution in [1.82, 2.24) is 5.32 Å². The van der Waals surface area contributed by atoms with E-state index in [9.17, 15) is 24.3 Å². The number of aliphatic carboxylic acids is 1. The number of ether oxygens (including phenoxy) is 5. The zero-order valence-corrected chi connectivity index (χ0v) is 25.6. The lowest BCUT2D eigenvalue weighted by Crippen LogP contribution is -2.42. The zero-order chi connectivity index (χ0) is 31.2. The number of benzene rings is 1. The predicted molar refractivity (Wildman–Crippen MR) is 152 cm³/mol. The first-order valence-electron chi connectivity index (χ1n) is 14.1. The fourth-order valence-electron chi connectivity index (χ4n) is 3.27. The van der Waals surface area contributed by atoms with Crippen LogP contribution in [-0.4, -0.2) is 61.3 Å². The molecule has 0 bridgehead atoms. The third-order valence-electron chi connectivity index (χ3n) is 6.16.